The molecule has 2 heterocycles. The molecule has 0 radical (unpaired) electrons. The van der Waals surface area contributed by atoms with Gasteiger partial charge in [-0.25, -0.2) is 0 Å². The predicted molar refractivity (Wildman–Crippen MR) is 82.0 cm³/mol. The van der Waals surface area contributed by atoms with Crippen molar-refractivity contribution in [1.82, 2.24) is 4.90 Å². The van der Waals surface area contributed by atoms with Gasteiger partial charge in [-0.05, 0) is 37.9 Å². The minimum absolute atomic E-state index is 0.419. The van der Waals surface area contributed by atoms with E-state index in [1.165, 1.54) is 25.8 Å². The third-order valence-corrected chi connectivity index (χ3v) is 4.66. The van der Waals surface area contributed by atoms with Gasteiger partial charge in [0.2, 0.25) is 0 Å². The van der Waals surface area contributed by atoms with Crippen molar-refractivity contribution in [3.05, 3.63) is 24.3 Å². The highest BCUT2D eigenvalue weighted by molar-refractivity contribution is 5.39. The van der Waals surface area contributed by atoms with Gasteiger partial charge in [0.15, 0.2) is 11.5 Å². The molecule has 1 spiro atoms. The van der Waals surface area contributed by atoms with E-state index in [0.29, 0.717) is 12.0 Å². The molecule has 0 bridgehead atoms. The molecule has 2 fully saturated rings. The topological polar surface area (TPSA) is 30.9 Å². The molecule has 0 aliphatic carbocycles. The maximum Gasteiger partial charge on any atom is 0.161 e. The summed E-state index contributed by atoms with van der Waals surface area (Å²) in [5.74, 6) is 1.63. The van der Waals surface area contributed by atoms with Gasteiger partial charge in [0.25, 0.3) is 0 Å². The monoisotopic (exact) mass is 291 g/mol. The number of rotatable bonds is 5. The quantitative estimate of drug-likeness (QED) is 0.834. The fraction of sp³-hybridized carbons (Fsp3) is 0.647. The number of hydrogen-bond acceptors (Lipinski definition) is 4. The van der Waals surface area contributed by atoms with E-state index < -0.39 is 0 Å². The summed E-state index contributed by atoms with van der Waals surface area (Å²) in [6.45, 7) is 5.88. The van der Waals surface area contributed by atoms with E-state index >= 15 is 0 Å². The Morgan fingerprint density at radius 3 is 2.86 bits per heavy atom. The standard InChI is InChI=1S/C17H25NO3/c1-19-15-5-2-3-6-16(15)21-12-10-18-9-8-17(13-18)7-4-11-20-14-17/h2-3,5-6H,4,7-14H2,1H3/t17-/m0/s1. The Morgan fingerprint density at radius 2 is 2.10 bits per heavy atom. The molecule has 1 aromatic rings. The van der Waals surface area contributed by atoms with Crippen molar-refractivity contribution >= 4 is 0 Å². The summed E-state index contributed by atoms with van der Waals surface area (Å²) < 4.78 is 16.9. The first-order valence-corrected chi connectivity index (χ1v) is 7.87. The number of benzene rings is 1. The van der Waals surface area contributed by atoms with Gasteiger partial charge in [-0.15, -0.1) is 0 Å². The van der Waals surface area contributed by atoms with Crippen LogP contribution in [0.15, 0.2) is 24.3 Å². The van der Waals surface area contributed by atoms with Crippen molar-refractivity contribution in [1.29, 1.82) is 0 Å². The summed E-state index contributed by atoms with van der Waals surface area (Å²) in [5.41, 5.74) is 0.419. The molecule has 0 N–H and O–H groups in total. The summed E-state index contributed by atoms with van der Waals surface area (Å²) in [4.78, 5) is 2.50. The lowest BCUT2D eigenvalue weighted by atomic mass is 9.82. The molecule has 4 heteroatoms. The van der Waals surface area contributed by atoms with E-state index in [1.807, 2.05) is 24.3 Å². The highest BCUT2D eigenvalue weighted by Crippen LogP contribution is 2.37. The van der Waals surface area contributed by atoms with E-state index in [4.69, 9.17) is 14.2 Å². The van der Waals surface area contributed by atoms with Gasteiger partial charge >= 0.3 is 0 Å². The number of para-hydroxylation sites is 2. The molecule has 0 amide bonds. The molecule has 116 valence electrons. The van der Waals surface area contributed by atoms with Gasteiger partial charge < -0.3 is 14.2 Å². The van der Waals surface area contributed by atoms with Gasteiger partial charge in [-0.1, -0.05) is 12.1 Å². The fourth-order valence-electron chi connectivity index (χ4n) is 3.47. The second-order valence-electron chi connectivity index (χ2n) is 6.18. The maximum atomic E-state index is 5.87. The third kappa shape index (κ3) is 3.50. The highest BCUT2D eigenvalue weighted by Gasteiger charge is 2.39. The van der Waals surface area contributed by atoms with Crippen molar-refractivity contribution in [3.8, 4) is 11.5 Å². The van der Waals surface area contributed by atoms with Crippen molar-refractivity contribution in [2.75, 3.05) is 46.6 Å². The molecule has 1 atom stereocenters. The van der Waals surface area contributed by atoms with E-state index in [9.17, 15) is 0 Å². The zero-order valence-corrected chi connectivity index (χ0v) is 12.8. The zero-order chi connectivity index (χ0) is 14.5. The van der Waals surface area contributed by atoms with Crippen LogP contribution in [0, 0.1) is 5.41 Å². The summed E-state index contributed by atoms with van der Waals surface area (Å²) in [6.07, 6.45) is 3.80. The van der Waals surface area contributed by atoms with Crippen LogP contribution in [0.5, 0.6) is 11.5 Å². The average Bonchev–Trinajstić information content (AvgIpc) is 2.91. The normalized spacial score (nSPS) is 26.1. The number of methoxy groups -OCH3 is 1. The Labute approximate surface area is 127 Å². The van der Waals surface area contributed by atoms with Crippen LogP contribution < -0.4 is 9.47 Å². The molecule has 0 unspecified atom stereocenters. The molecule has 2 saturated heterocycles. The molecular weight excluding hydrogens is 266 g/mol. The first kappa shape index (κ1) is 14.7. The Morgan fingerprint density at radius 1 is 1.24 bits per heavy atom. The highest BCUT2D eigenvalue weighted by atomic mass is 16.5. The Kier molecular flexibility index (Phi) is 4.66. The van der Waals surface area contributed by atoms with E-state index in [-0.39, 0.29) is 0 Å². The van der Waals surface area contributed by atoms with Crippen LogP contribution in [0.1, 0.15) is 19.3 Å². The van der Waals surface area contributed by atoms with Crippen LogP contribution in [-0.2, 0) is 4.74 Å². The smallest absolute Gasteiger partial charge is 0.161 e. The molecule has 0 saturated carbocycles. The minimum atomic E-state index is 0.419. The van der Waals surface area contributed by atoms with Gasteiger partial charge in [0.1, 0.15) is 6.61 Å². The first-order valence-electron chi connectivity index (χ1n) is 7.87. The maximum absolute atomic E-state index is 5.87. The summed E-state index contributed by atoms with van der Waals surface area (Å²) in [5, 5.41) is 0. The summed E-state index contributed by atoms with van der Waals surface area (Å²) >= 11 is 0. The zero-order valence-electron chi connectivity index (χ0n) is 12.8. The Bertz CT molecular complexity index is 457. The summed E-state index contributed by atoms with van der Waals surface area (Å²) in [6, 6.07) is 7.82. The van der Waals surface area contributed by atoms with Crippen LogP contribution in [0.4, 0.5) is 0 Å². The van der Waals surface area contributed by atoms with Crippen molar-refractivity contribution in [3.63, 3.8) is 0 Å². The van der Waals surface area contributed by atoms with Gasteiger partial charge in [-0.3, -0.25) is 4.90 Å². The van der Waals surface area contributed by atoms with Crippen molar-refractivity contribution in [2.45, 2.75) is 19.3 Å². The largest absolute Gasteiger partial charge is 0.493 e. The number of hydrogen-bond donors (Lipinski definition) is 0. The first-order chi connectivity index (χ1) is 10.3. The molecule has 21 heavy (non-hydrogen) atoms. The third-order valence-electron chi connectivity index (χ3n) is 4.66. The molecule has 1 aromatic carbocycles. The van der Waals surface area contributed by atoms with Crippen LogP contribution in [0.25, 0.3) is 0 Å². The lowest BCUT2D eigenvalue weighted by Crippen LogP contribution is -2.36. The number of likely N-dealkylation sites (tertiary alicyclic amines) is 1. The number of nitrogens with zero attached hydrogens (tertiary/aromatic N) is 1. The van der Waals surface area contributed by atoms with Crippen molar-refractivity contribution in [2.24, 2.45) is 5.41 Å². The lowest BCUT2D eigenvalue weighted by molar-refractivity contribution is -0.00257. The van der Waals surface area contributed by atoms with Gasteiger partial charge in [-0.2, -0.15) is 0 Å². The average molecular weight is 291 g/mol. The van der Waals surface area contributed by atoms with Crippen LogP contribution in [-0.4, -0.2) is 51.5 Å². The van der Waals surface area contributed by atoms with Crippen LogP contribution >= 0.6 is 0 Å². The molecular formula is C17H25NO3. The molecule has 0 aromatic heterocycles. The van der Waals surface area contributed by atoms with Crippen LogP contribution in [0.3, 0.4) is 0 Å². The second-order valence-corrected chi connectivity index (χ2v) is 6.18. The predicted octanol–water partition coefficient (Wildman–Crippen LogP) is 2.58. The van der Waals surface area contributed by atoms with E-state index in [2.05, 4.69) is 4.90 Å². The Balaban J connectivity index is 1.46. The van der Waals surface area contributed by atoms with Crippen LogP contribution in [0.2, 0.25) is 0 Å². The van der Waals surface area contributed by atoms with E-state index in [0.717, 1.165) is 37.8 Å². The SMILES string of the molecule is COc1ccccc1OCCN1CC[C@@]2(CCCOC2)C1. The molecule has 2 aliphatic heterocycles. The molecule has 3 rings (SSSR count). The second kappa shape index (κ2) is 6.67. The van der Waals surface area contributed by atoms with Crippen molar-refractivity contribution < 1.29 is 14.2 Å². The van der Waals surface area contributed by atoms with E-state index in [1.54, 1.807) is 7.11 Å². The van der Waals surface area contributed by atoms with Gasteiger partial charge in [0, 0.05) is 25.1 Å². The summed E-state index contributed by atoms with van der Waals surface area (Å²) in [7, 11) is 1.68. The number of ether oxygens (including phenoxy) is 3. The Hall–Kier alpha value is -1.26. The lowest BCUT2D eigenvalue weighted by Gasteiger charge is -2.33. The van der Waals surface area contributed by atoms with Gasteiger partial charge in [0.05, 0.1) is 13.7 Å². The molecule has 4 nitrogen and oxygen atoms in total. The fourth-order valence-corrected chi connectivity index (χ4v) is 3.47. The minimum Gasteiger partial charge on any atom is -0.493 e. The molecule has 2 aliphatic rings.